The summed E-state index contributed by atoms with van der Waals surface area (Å²) in [5, 5.41) is 3.69. The molecule has 1 nitrogen and oxygen atoms in total. The number of hydrogen-bond acceptors (Lipinski definition) is 2. The van der Waals surface area contributed by atoms with Crippen LogP contribution in [0.3, 0.4) is 0 Å². The molecule has 17 heavy (non-hydrogen) atoms. The van der Waals surface area contributed by atoms with Crippen LogP contribution in [0.4, 0.5) is 0 Å². The van der Waals surface area contributed by atoms with Crippen LogP contribution in [0.15, 0.2) is 29.2 Å². The fraction of sp³-hybridized carbons (Fsp3) is 0.600. The summed E-state index contributed by atoms with van der Waals surface area (Å²) in [5.74, 6) is 0. The molecule has 96 valence electrons. The first-order valence-electron chi connectivity index (χ1n) is 6.37. The summed E-state index contributed by atoms with van der Waals surface area (Å²) in [6, 6.07) is 9.15. The zero-order valence-corrected chi connectivity index (χ0v) is 12.5. The Hall–Kier alpha value is -0.470. The van der Waals surface area contributed by atoms with E-state index in [0.717, 1.165) is 6.54 Å². The molecule has 0 aliphatic rings. The molecule has 1 atom stereocenters. The van der Waals surface area contributed by atoms with Crippen LogP contribution in [0.5, 0.6) is 0 Å². The molecule has 0 saturated carbocycles. The third-order valence-corrected chi connectivity index (χ3v) is 3.73. The predicted molar refractivity (Wildman–Crippen MR) is 78.7 cm³/mol. The molecule has 1 aromatic carbocycles. The quantitative estimate of drug-likeness (QED) is 0.774. The van der Waals surface area contributed by atoms with Crippen molar-refractivity contribution >= 4 is 11.8 Å². The lowest BCUT2D eigenvalue weighted by Gasteiger charge is -2.33. The molecule has 1 N–H and O–H groups in total. The molecule has 0 fully saturated rings. The van der Waals surface area contributed by atoms with Crippen molar-refractivity contribution in [3.63, 3.8) is 0 Å². The molecule has 2 heteroatoms. The topological polar surface area (TPSA) is 12.0 Å². The van der Waals surface area contributed by atoms with E-state index in [1.165, 1.54) is 16.9 Å². The fourth-order valence-corrected chi connectivity index (χ4v) is 2.71. The van der Waals surface area contributed by atoms with Gasteiger partial charge in [0.2, 0.25) is 0 Å². The molecule has 1 unspecified atom stereocenters. The Morgan fingerprint density at radius 1 is 1.24 bits per heavy atom. The highest BCUT2D eigenvalue weighted by atomic mass is 32.2. The molecular weight excluding hydrogens is 226 g/mol. The minimum absolute atomic E-state index is 0.237. The van der Waals surface area contributed by atoms with Gasteiger partial charge in [0, 0.05) is 10.9 Å². The summed E-state index contributed by atoms with van der Waals surface area (Å²) < 4.78 is 0. The third-order valence-electron chi connectivity index (χ3n) is 2.91. The van der Waals surface area contributed by atoms with Gasteiger partial charge in [-0.15, -0.1) is 11.8 Å². The maximum absolute atomic E-state index is 3.69. The van der Waals surface area contributed by atoms with Crippen LogP contribution in [0.2, 0.25) is 0 Å². The number of rotatable bonds is 5. The van der Waals surface area contributed by atoms with Crippen molar-refractivity contribution < 1.29 is 0 Å². The van der Waals surface area contributed by atoms with Crippen LogP contribution in [0.25, 0.3) is 0 Å². The van der Waals surface area contributed by atoms with E-state index >= 15 is 0 Å². The van der Waals surface area contributed by atoms with Gasteiger partial charge in [0.05, 0.1) is 0 Å². The standard InChI is InChI=1S/C15H25NS/c1-6-11-16-14(15(2,3)4)12-9-7-8-10-13(12)17-5/h7-10,14,16H,6,11H2,1-5H3. The summed E-state index contributed by atoms with van der Waals surface area (Å²) in [5.41, 5.74) is 1.67. The fourth-order valence-electron chi connectivity index (χ4n) is 2.08. The molecule has 0 aliphatic carbocycles. The predicted octanol–water partition coefficient (Wildman–Crippen LogP) is 4.50. The molecule has 0 aromatic heterocycles. The van der Waals surface area contributed by atoms with Gasteiger partial charge in [-0.25, -0.2) is 0 Å². The largest absolute Gasteiger partial charge is 0.309 e. The molecule has 0 bridgehead atoms. The van der Waals surface area contributed by atoms with Crippen molar-refractivity contribution in [1.82, 2.24) is 5.32 Å². The first-order chi connectivity index (χ1) is 8.00. The van der Waals surface area contributed by atoms with E-state index in [-0.39, 0.29) is 5.41 Å². The van der Waals surface area contributed by atoms with Crippen LogP contribution < -0.4 is 5.32 Å². The van der Waals surface area contributed by atoms with Crippen molar-refractivity contribution in [2.75, 3.05) is 12.8 Å². The third kappa shape index (κ3) is 4.04. The zero-order chi connectivity index (χ0) is 12.9. The highest BCUT2D eigenvalue weighted by Gasteiger charge is 2.27. The molecule has 0 spiro atoms. The Balaban J connectivity index is 3.03. The van der Waals surface area contributed by atoms with Crippen LogP contribution in [0, 0.1) is 5.41 Å². The Labute approximate surface area is 110 Å². The van der Waals surface area contributed by atoms with Crippen LogP contribution in [-0.4, -0.2) is 12.8 Å². The maximum atomic E-state index is 3.69. The van der Waals surface area contributed by atoms with Crippen LogP contribution in [-0.2, 0) is 0 Å². The average Bonchev–Trinajstić information content (AvgIpc) is 2.28. The van der Waals surface area contributed by atoms with Crippen molar-refractivity contribution in [2.45, 2.75) is 45.1 Å². The average molecular weight is 251 g/mol. The Kier molecular flexibility index (Phi) is 5.54. The Morgan fingerprint density at radius 2 is 1.88 bits per heavy atom. The number of hydrogen-bond donors (Lipinski definition) is 1. The lowest BCUT2D eigenvalue weighted by atomic mass is 9.82. The zero-order valence-electron chi connectivity index (χ0n) is 11.7. The lowest BCUT2D eigenvalue weighted by Crippen LogP contribution is -2.33. The second-order valence-electron chi connectivity index (χ2n) is 5.50. The van der Waals surface area contributed by atoms with Crippen molar-refractivity contribution in [2.24, 2.45) is 5.41 Å². The monoisotopic (exact) mass is 251 g/mol. The van der Waals surface area contributed by atoms with Crippen molar-refractivity contribution in [3.8, 4) is 0 Å². The highest BCUT2D eigenvalue weighted by Crippen LogP contribution is 2.37. The van der Waals surface area contributed by atoms with Gasteiger partial charge < -0.3 is 5.32 Å². The minimum Gasteiger partial charge on any atom is -0.309 e. The Bertz CT molecular complexity index is 341. The van der Waals surface area contributed by atoms with E-state index in [2.05, 4.69) is 63.5 Å². The molecule has 1 aromatic rings. The van der Waals surface area contributed by atoms with E-state index in [1.54, 1.807) is 0 Å². The molecular formula is C15H25NS. The normalized spacial score (nSPS) is 13.7. The van der Waals surface area contributed by atoms with Gasteiger partial charge in [-0.1, -0.05) is 45.9 Å². The molecule has 0 amide bonds. The minimum atomic E-state index is 0.237. The van der Waals surface area contributed by atoms with Crippen LogP contribution in [0.1, 0.15) is 45.7 Å². The molecule has 0 heterocycles. The second-order valence-corrected chi connectivity index (χ2v) is 6.34. The van der Waals surface area contributed by atoms with E-state index in [0.29, 0.717) is 6.04 Å². The van der Waals surface area contributed by atoms with E-state index in [1.807, 2.05) is 11.8 Å². The summed E-state index contributed by atoms with van der Waals surface area (Å²) in [6.45, 7) is 10.2. The first kappa shape index (κ1) is 14.6. The second kappa shape index (κ2) is 6.46. The van der Waals surface area contributed by atoms with E-state index < -0.39 is 0 Å². The summed E-state index contributed by atoms with van der Waals surface area (Å²) >= 11 is 1.83. The van der Waals surface area contributed by atoms with Crippen molar-refractivity contribution in [3.05, 3.63) is 29.8 Å². The molecule has 0 aliphatic heterocycles. The van der Waals surface area contributed by atoms with E-state index in [4.69, 9.17) is 0 Å². The number of nitrogens with one attached hydrogen (secondary N) is 1. The summed E-state index contributed by atoms with van der Waals surface area (Å²) in [4.78, 5) is 1.39. The van der Waals surface area contributed by atoms with Crippen molar-refractivity contribution in [1.29, 1.82) is 0 Å². The van der Waals surface area contributed by atoms with Gasteiger partial charge >= 0.3 is 0 Å². The lowest BCUT2D eigenvalue weighted by molar-refractivity contribution is 0.270. The maximum Gasteiger partial charge on any atom is 0.0380 e. The van der Waals surface area contributed by atoms with Gasteiger partial charge in [-0.05, 0) is 36.3 Å². The highest BCUT2D eigenvalue weighted by molar-refractivity contribution is 7.98. The first-order valence-corrected chi connectivity index (χ1v) is 7.59. The van der Waals surface area contributed by atoms with E-state index in [9.17, 15) is 0 Å². The van der Waals surface area contributed by atoms with Gasteiger partial charge in [0.15, 0.2) is 0 Å². The van der Waals surface area contributed by atoms with Crippen LogP contribution >= 0.6 is 11.8 Å². The smallest absolute Gasteiger partial charge is 0.0380 e. The van der Waals surface area contributed by atoms with Gasteiger partial charge in [0.25, 0.3) is 0 Å². The van der Waals surface area contributed by atoms with Gasteiger partial charge in [-0.2, -0.15) is 0 Å². The molecule has 1 rings (SSSR count). The summed E-state index contributed by atoms with van der Waals surface area (Å²) in [6.07, 6.45) is 3.33. The number of benzene rings is 1. The SMILES string of the molecule is CCCNC(c1ccccc1SC)C(C)(C)C. The van der Waals surface area contributed by atoms with Gasteiger partial charge in [0.1, 0.15) is 0 Å². The number of thioether (sulfide) groups is 1. The molecule has 0 radical (unpaired) electrons. The molecule has 0 saturated heterocycles. The van der Waals surface area contributed by atoms with Gasteiger partial charge in [-0.3, -0.25) is 0 Å². The summed E-state index contributed by atoms with van der Waals surface area (Å²) in [7, 11) is 0. The Morgan fingerprint density at radius 3 is 2.41 bits per heavy atom.